The molecule has 176 valence electrons. The number of aromatic nitrogens is 3. The van der Waals surface area contributed by atoms with Crippen molar-refractivity contribution in [3.05, 3.63) is 42.1 Å². The molecule has 33 heavy (non-hydrogen) atoms. The molecule has 0 fully saturated rings. The Bertz CT molecular complexity index is 1090. The van der Waals surface area contributed by atoms with Crippen molar-refractivity contribution in [2.45, 2.75) is 39.3 Å². The first-order chi connectivity index (χ1) is 15.9. The lowest BCUT2D eigenvalue weighted by atomic mass is 10.0. The third-order valence-corrected chi connectivity index (χ3v) is 5.22. The summed E-state index contributed by atoms with van der Waals surface area (Å²) in [5.41, 5.74) is 2.17. The number of fused-ring (bicyclic) bond motifs is 1. The van der Waals surface area contributed by atoms with E-state index >= 15 is 0 Å². The zero-order chi connectivity index (χ0) is 23.8. The highest BCUT2D eigenvalue weighted by Crippen LogP contribution is 2.26. The molecule has 0 unspecified atom stereocenters. The van der Waals surface area contributed by atoms with Gasteiger partial charge in [0.05, 0.1) is 26.8 Å². The molecule has 0 aliphatic heterocycles. The number of hydrogen-bond acceptors (Lipinski definition) is 9. The number of methoxy groups -OCH3 is 3. The van der Waals surface area contributed by atoms with E-state index in [1.807, 2.05) is 30.3 Å². The van der Waals surface area contributed by atoms with Gasteiger partial charge < -0.3 is 24.8 Å². The van der Waals surface area contributed by atoms with Crippen LogP contribution in [0.15, 0.2) is 36.5 Å². The van der Waals surface area contributed by atoms with E-state index in [0.717, 1.165) is 12.0 Å². The number of ether oxygens (including phenoxy) is 3. The lowest BCUT2D eigenvalue weighted by Crippen LogP contribution is -2.31. The number of anilines is 2. The number of carbonyl (C=O) groups excluding carboxylic acids is 1. The molecule has 0 bridgehead atoms. The van der Waals surface area contributed by atoms with Crippen LogP contribution in [0, 0.1) is 5.92 Å². The largest absolute Gasteiger partial charge is 0.497 e. The summed E-state index contributed by atoms with van der Waals surface area (Å²) in [4.78, 5) is 26.0. The van der Waals surface area contributed by atoms with Gasteiger partial charge in [0.2, 0.25) is 5.95 Å². The summed E-state index contributed by atoms with van der Waals surface area (Å²) in [6.45, 7) is 4.67. The molecule has 1 aromatic carbocycles. The van der Waals surface area contributed by atoms with Crippen molar-refractivity contribution in [2.75, 3.05) is 32.0 Å². The third-order valence-electron chi connectivity index (χ3n) is 5.22. The van der Waals surface area contributed by atoms with Gasteiger partial charge in [0, 0.05) is 24.4 Å². The first-order valence-corrected chi connectivity index (χ1v) is 10.9. The van der Waals surface area contributed by atoms with Crippen LogP contribution >= 0.6 is 0 Å². The van der Waals surface area contributed by atoms with Crippen molar-refractivity contribution in [1.82, 2.24) is 15.0 Å². The Kier molecular flexibility index (Phi) is 8.23. The fourth-order valence-electron chi connectivity index (χ4n) is 3.38. The Hall–Kier alpha value is -3.62. The molecule has 9 nitrogen and oxygen atoms in total. The molecule has 0 radical (unpaired) electrons. The number of rotatable bonds is 11. The zero-order valence-corrected chi connectivity index (χ0v) is 19.7. The van der Waals surface area contributed by atoms with Gasteiger partial charge in [0.15, 0.2) is 5.82 Å². The van der Waals surface area contributed by atoms with Gasteiger partial charge in [-0.2, -0.15) is 4.98 Å². The molecule has 3 aromatic rings. The zero-order valence-electron chi connectivity index (χ0n) is 19.7. The summed E-state index contributed by atoms with van der Waals surface area (Å²) < 4.78 is 15.7. The minimum absolute atomic E-state index is 0.337. The van der Waals surface area contributed by atoms with Crippen molar-refractivity contribution < 1.29 is 19.0 Å². The Morgan fingerprint density at radius 2 is 1.88 bits per heavy atom. The first kappa shape index (κ1) is 24.0. The Morgan fingerprint density at radius 1 is 1.06 bits per heavy atom. The highest BCUT2D eigenvalue weighted by Gasteiger charge is 2.22. The van der Waals surface area contributed by atoms with Crippen LogP contribution in [0.3, 0.4) is 0 Å². The number of benzene rings is 1. The van der Waals surface area contributed by atoms with Crippen molar-refractivity contribution in [3.63, 3.8) is 0 Å². The fraction of sp³-hybridized carbons (Fsp3) is 0.417. The summed E-state index contributed by atoms with van der Waals surface area (Å²) in [5.74, 6) is 2.41. The van der Waals surface area contributed by atoms with E-state index in [9.17, 15) is 4.79 Å². The molecular formula is C24H31N5O4. The third kappa shape index (κ3) is 6.21. The molecule has 0 amide bonds. The SMILES string of the molecule is COC(=O)[C@@H](CCC(C)C)Nc1nc(NCc2ccc(OC)cc2OC)nc2cccnc12. The topological polar surface area (TPSA) is 107 Å². The molecule has 9 heteroatoms. The Balaban J connectivity index is 1.88. The van der Waals surface area contributed by atoms with Crippen LogP contribution in [0.1, 0.15) is 32.3 Å². The van der Waals surface area contributed by atoms with Crippen LogP contribution in [0.25, 0.3) is 11.0 Å². The second kappa shape index (κ2) is 11.3. The van der Waals surface area contributed by atoms with Crippen molar-refractivity contribution >= 4 is 28.8 Å². The van der Waals surface area contributed by atoms with Gasteiger partial charge in [-0.15, -0.1) is 0 Å². The predicted molar refractivity (Wildman–Crippen MR) is 128 cm³/mol. The lowest BCUT2D eigenvalue weighted by molar-refractivity contribution is -0.141. The van der Waals surface area contributed by atoms with E-state index in [4.69, 9.17) is 14.2 Å². The molecule has 0 aliphatic rings. The summed E-state index contributed by atoms with van der Waals surface area (Å²) >= 11 is 0. The van der Waals surface area contributed by atoms with E-state index in [1.165, 1.54) is 7.11 Å². The molecule has 1 atom stereocenters. The maximum atomic E-state index is 12.4. The van der Waals surface area contributed by atoms with Crippen LogP contribution in [-0.4, -0.2) is 48.3 Å². The molecular weight excluding hydrogens is 422 g/mol. The average molecular weight is 454 g/mol. The van der Waals surface area contributed by atoms with Gasteiger partial charge >= 0.3 is 5.97 Å². The standard InChI is InChI=1S/C24H31N5O4/c1-15(2)8-11-19(23(30)33-5)27-22-21-18(7-6-12-25-21)28-24(29-22)26-14-16-9-10-17(31-3)13-20(16)32-4/h6-7,9-10,12-13,15,19H,8,11,14H2,1-5H3,(H2,26,27,28,29)/t19-/m1/s1. The molecule has 2 heterocycles. The van der Waals surface area contributed by atoms with Gasteiger partial charge in [0.1, 0.15) is 23.1 Å². The number of nitrogens with zero attached hydrogens (tertiary/aromatic N) is 3. The Labute approximate surface area is 193 Å². The van der Waals surface area contributed by atoms with E-state index in [1.54, 1.807) is 20.4 Å². The molecule has 0 saturated carbocycles. The monoisotopic (exact) mass is 453 g/mol. The quantitative estimate of drug-likeness (QED) is 0.416. The minimum Gasteiger partial charge on any atom is -0.497 e. The minimum atomic E-state index is -0.535. The van der Waals surface area contributed by atoms with Crippen LogP contribution in [-0.2, 0) is 16.1 Å². The Morgan fingerprint density at radius 3 is 2.58 bits per heavy atom. The van der Waals surface area contributed by atoms with Gasteiger partial charge in [0.25, 0.3) is 0 Å². The second-order valence-electron chi connectivity index (χ2n) is 7.99. The van der Waals surface area contributed by atoms with Crippen molar-refractivity contribution in [3.8, 4) is 11.5 Å². The number of hydrogen-bond donors (Lipinski definition) is 2. The van der Waals surface area contributed by atoms with Crippen molar-refractivity contribution in [1.29, 1.82) is 0 Å². The summed E-state index contributed by atoms with van der Waals surface area (Å²) in [5, 5.41) is 6.48. The van der Waals surface area contributed by atoms with E-state index < -0.39 is 6.04 Å². The van der Waals surface area contributed by atoms with Crippen molar-refractivity contribution in [2.24, 2.45) is 5.92 Å². The van der Waals surface area contributed by atoms with Gasteiger partial charge in [-0.3, -0.25) is 4.98 Å². The highest BCUT2D eigenvalue weighted by molar-refractivity contribution is 5.88. The maximum Gasteiger partial charge on any atom is 0.328 e. The predicted octanol–water partition coefficient (Wildman–Crippen LogP) is 4.04. The molecule has 0 saturated heterocycles. The summed E-state index contributed by atoms with van der Waals surface area (Å²) in [7, 11) is 4.61. The van der Waals surface area contributed by atoms with E-state index in [0.29, 0.717) is 53.2 Å². The molecule has 0 aliphatic carbocycles. The van der Waals surface area contributed by atoms with E-state index in [2.05, 4.69) is 39.4 Å². The second-order valence-corrected chi connectivity index (χ2v) is 7.99. The molecule has 2 aromatic heterocycles. The first-order valence-electron chi connectivity index (χ1n) is 10.9. The van der Waals surface area contributed by atoms with Gasteiger partial charge in [-0.1, -0.05) is 13.8 Å². The lowest BCUT2D eigenvalue weighted by Gasteiger charge is -2.19. The summed E-state index contributed by atoms with van der Waals surface area (Å²) in [6, 6.07) is 8.75. The van der Waals surface area contributed by atoms with E-state index in [-0.39, 0.29) is 5.97 Å². The summed E-state index contributed by atoms with van der Waals surface area (Å²) in [6.07, 6.45) is 3.16. The fourth-order valence-corrected chi connectivity index (χ4v) is 3.38. The molecule has 3 rings (SSSR count). The van der Waals surface area contributed by atoms with Crippen LogP contribution in [0.2, 0.25) is 0 Å². The van der Waals surface area contributed by atoms with Crippen LogP contribution in [0.4, 0.5) is 11.8 Å². The van der Waals surface area contributed by atoms with Crippen LogP contribution < -0.4 is 20.1 Å². The normalized spacial score (nSPS) is 11.8. The number of carbonyl (C=O) groups is 1. The molecule has 2 N–H and O–H groups in total. The average Bonchev–Trinajstić information content (AvgIpc) is 2.84. The smallest absolute Gasteiger partial charge is 0.328 e. The van der Waals surface area contributed by atoms with Gasteiger partial charge in [-0.25, -0.2) is 9.78 Å². The highest BCUT2D eigenvalue weighted by atomic mass is 16.5. The van der Waals surface area contributed by atoms with Gasteiger partial charge in [-0.05, 0) is 43.0 Å². The maximum absolute atomic E-state index is 12.4. The number of pyridine rings is 1. The molecule has 0 spiro atoms. The number of esters is 1. The van der Waals surface area contributed by atoms with Crippen LogP contribution in [0.5, 0.6) is 11.5 Å². The number of nitrogens with one attached hydrogen (secondary N) is 2.